The van der Waals surface area contributed by atoms with Crippen molar-refractivity contribution in [2.45, 2.75) is 31.5 Å². The number of fused-ring (bicyclic) bond motifs is 1. The Balaban J connectivity index is 1.89. The summed E-state index contributed by atoms with van der Waals surface area (Å²) in [6.07, 6.45) is 2.63. The molecule has 0 N–H and O–H groups in total. The predicted octanol–water partition coefficient (Wildman–Crippen LogP) is 2.10. The van der Waals surface area contributed by atoms with Crippen LogP contribution in [-0.2, 0) is 9.53 Å². The van der Waals surface area contributed by atoms with Gasteiger partial charge in [0.25, 0.3) is 0 Å². The Kier molecular flexibility index (Phi) is 2.40. The van der Waals surface area contributed by atoms with Gasteiger partial charge in [0, 0.05) is 6.42 Å². The van der Waals surface area contributed by atoms with Gasteiger partial charge >= 0.3 is 0 Å². The zero-order chi connectivity index (χ0) is 11.0. The average molecular weight is 217 g/mol. The van der Waals surface area contributed by atoms with Crippen LogP contribution < -0.4 is 0 Å². The first-order valence-corrected chi connectivity index (χ1v) is 5.84. The Bertz CT molecular complexity index is 390. The fourth-order valence-electron chi connectivity index (χ4n) is 2.61. The highest BCUT2D eigenvalue weighted by atomic mass is 16.5. The lowest BCUT2D eigenvalue weighted by molar-refractivity contribution is -0.142. The molecule has 2 aliphatic rings. The van der Waals surface area contributed by atoms with E-state index in [4.69, 9.17) is 4.74 Å². The third-order valence-electron chi connectivity index (χ3n) is 3.41. The van der Waals surface area contributed by atoms with E-state index in [1.54, 1.807) is 0 Å². The molecule has 0 saturated carbocycles. The second-order valence-corrected chi connectivity index (χ2v) is 4.41. The minimum atomic E-state index is 0.0199. The van der Waals surface area contributed by atoms with Crippen LogP contribution in [0.2, 0.25) is 0 Å². The van der Waals surface area contributed by atoms with Gasteiger partial charge in [-0.3, -0.25) is 4.79 Å². The predicted molar refractivity (Wildman–Crippen MR) is 59.6 cm³/mol. The lowest BCUT2D eigenvalue weighted by atomic mass is 10.0. The number of benzene rings is 1. The van der Waals surface area contributed by atoms with Gasteiger partial charge in [-0.05, 0) is 18.4 Å². The van der Waals surface area contributed by atoms with Crippen LogP contribution in [-0.4, -0.2) is 23.6 Å². The van der Waals surface area contributed by atoms with Crippen LogP contribution in [0.25, 0.3) is 0 Å². The first-order valence-electron chi connectivity index (χ1n) is 5.84. The van der Waals surface area contributed by atoms with Crippen LogP contribution >= 0.6 is 0 Å². The second-order valence-electron chi connectivity index (χ2n) is 4.41. The van der Waals surface area contributed by atoms with Crippen molar-refractivity contribution in [3.8, 4) is 0 Å². The minimum absolute atomic E-state index is 0.0199. The van der Waals surface area contributed by atoms with Crippen molar-refractivity contribution in [1.82, 2.24) is 4.90 Å². The minimum Gasteiger partial charge on any atom is -0.356 e. The molecule has 2 fully saturated rings. The molecule has 3 rings (SSSR count). The van der Waals surface area contributed by atoms with E-state index < -0.39 is 0 Å². The number of hydrogen-bond donors (Lipinski definition) is 0. The maximum Gasteiger partial charge on any atom is 0.225 e. The fraction of sp³-hybridized carbons (Fsp3) is 0.462. The Labute approximate surface area is 95.0 Å². The zero-order valence-electron chi connectivity index (χ0n) is 9.13. The van der Waals surface area contributed by atoms with Crippen LogP contribution in [0.15, 0.2) is 30.3 Å². The van der Waals surface area contributed by atoms with E-state index in [9.17, 15) is 4.79 Å². The van der Waals surface area contributed by atoms with E-state index in [1.165, 1.54) is 5.56 Å². The maximum atomic E-state index is 11.9. The molecule has 16 heavy (non-hydrogen) atoms. The lowest BCUT2D eigenvalue weighted by Crippen LogP contribution is -2.41. The van der Waals surface area contributed by atoms with Crippen molar-refractivity contribution >= 4 is 5.91 Å². The third kappa shape index (κ3) is 1.52. The van der Waals surface area contributed by atoms with Gasteiger partial charge in [-0.15, -0.1) is 0 Å². The van der Waals surface area contributed by atoms with Gasteiger partial charge in [0.15, 0.2) is 0 Å². The van der Waals surface area contributed by atoms with Gasteiger partial charge in [0.2, 0.25) is 5.91 Å². The van der Waals surface area contributed by atoms with Crippen molar-refractivity contribution in [2.75, 3.05) is 6.61 Å². The average Bonchev–Trinajstić information content (AvgIpc) is 2.75. The number of hydrogen-bond acceptors (Lipinski definition) is 2. The molecule has 2 heterocycles. The molecule has 1 amide bonds. The van der Waals surface area contributed by atoms with Crippen LogP contribution in [0.5, 0.6) is 0 Å². The molecule has 2 saturated heterocycles. The molecule has 0 spiro atoms. The molecule has 2 aliphatic heterocycles. The summed E-state index contributed by atoms with van der Waals surface area (Å²) in [5.74, 6) is 0.239. The molecule has 3 heteroatoms. The van der Waals surface area contributed by atoms with Crippen molar-refractivity contribution in [2.24, 2.45) is 0 Å². The summed E-state index contributed by atoms with van der Waals surface area (Å²) < 4.78 is 5.70. The third-order valence-corrected chi connectivity index (χ3v) is 3.41. The highest BCUT2D eigenvalue weighted by Gasteiger charge is 2.40. The number of amides is 1. The van der Waals surface area contributed by atoms with Gasteiger partial charge in [0.05, 0.1) is 12.6 Å². The molecule has 2 atom stereocenters. The molecule has 84 valence electrons. The van der Waals surface area contributed by atoms with Crippen LogP contribution in [0.3, 0.4) is 0 Å². The zero-order valence-corrected chi connectivity index (χ0v) is 9.13. The van der Waals surface area contributed by atoms with Gasteiger partial charge in [-0.2, -0.15) is 0 Å². The Morgan fingerprint density at radius 3 is 2.88 bits per heavy atom. The van der Waals surface area contributed by atoms with Crippen LogP contribution in [0.1, 0.15) is 30.9 Å². The summed E-state index contributed by atoms with van der Waals surface area (Å²) in [6, 6.07) is 10.3. The first kappa shape index (κ1) is 9.85. The lowest BCUT2D eigenvalue weighted by Gasteiger charge is -2.32. The van der Waals surface area contributed by atoms with Crippen LogP contribution in [0.4, 0.5) is 0 Å². The summed E-state index contributed by atoms with van der Waals surface area (Å²) in [5, 5.41) is 0. The van der Waals surface area contributed by atoms with E-state index in [0.717, 1.165) is 12.8 Å². The standard InChI is InChI=1S/C13H15NO2/c15-12-7-4-8-13-14(12)11(9-16-13)10-5-2-1-3-6-10/h1-3,5-6,11,13H,4,7-9H2/t11-,13+/m1/s1. The largest absolute Gasteiger partial charge is 0.356 e. The molecule has 0 radical (unpaired) electrons. The Morgan fingerprint density at radius 2 is 2.06 bits per heavy atom. The molecular weight excluding hydrogens is 202 g/mol. The Hall–Kier alpha value is -1.35. The van der Waals surface area contributed by atoms with Crippen molar-refractivity contribution in [3.63, 3.8) is 0 Å². The van der Waals surface area contributed by atoms with E-state index in [0.29, 0.717) is 13.0 Å². The van der Waals surface area contributed by atoms with Gasteiger partial charge in [-0.1, -0.05) is 30.3 Å². The van der Waals surface area contributed by atoms with Gasteiger partial charge in [0.1, 0.15) is 6.23 Å². The van der Waals surface area contributed by atoms with Gasteiger partial charge in [-0.25, -0.2) is 0 Å². The molecule has 3 nitrogen and oxygen atoms in total. The van der Waals surface area contributed by atoms with E-state index in [2.05, 4.69) is 12.1 Å². The summed E-state index contributed by atoms with van der Waals surface area (Å²) in [6.45, 7) is 0.639. The van der Waals surface area contributed by atoms with Crippen molar-refractivity contribution in [1.29, 1.82) is 0 Å². The van der Waals surface area contributed by atoms with Crippen molar-refractivity contribution < 1.29 is 9.53 Å². The summed E-state index contributed by atoms with van der Waals surface area (Å²) in [7, 11) is 0. The molecular formula is C13H15NO2. The topological polar surface area (TPSA) is 29.5 Å². The maximum absolute atomic E-state index is 11.9. The Morgan fingerprint density at radius 1 is 1.25 bits per heavy atom. The number of rotatable bonds is 1. The highest BCUT2D eigenvalue weighted by Crippen LogP contribution is 2.35. The summed E-state index contributed by atoms with van der Waals surface area (Å²) >= 11 is 0. The second kappa shape index (κ2) is 3.91. The SMILES string of the molecule is O=C1CCC[C@@H]2OC[C@H](c3ccccc3)N12. The van der Waals surface area contributed by atoms with Crippen LogP contribution in [0, 0.1) is 0 Å². The normalized spacial score (nSPS) is 29.2. The molecule has 1 aromatic rings. The molecule has 0 aromatic heterocycles. The quantitative estimate of drug-likeness (QED) is 0.721. The molecule has 0 unspecified atom stereocenters. The van der Waals surface area contributed by atoms with Gasteiger partial charge < -0.3 is 9.64 Å². The molecule has 1 aromatic carbocycles. The highest BCUT2D eigenvalue weighted by molar-refractivity contribution is 5.78. The van der Waals surface area contributed by atoms with E-state index in [1.807, 2.05) is 23.1 Å². The first-order chi connectivity index (χ1) is 7.86. The molecule has 0 aliphatic carbocycles. The van der Waals surface area contributed by atoms with E-state index in [-0.39, 0.29) is 18.2 Å². The summed E-state index contributed by atoms with van der Waals surface area (Å²) in [5.41, 5.74) is 1.18. The summed E-state index contributed by atoms with van der Waals surface area (Å²) in [4.78, 5) is 13.8. The number of nitrogens with zero attached hydrogens (tertiary/aromatic N) is 1. The number of carbonyl (C=O) groups excluding carboxylic acids is 1. The monoisotopic (exact) mass is 217 g/mol. The number of ether oxygens (including phenoxy) is 1. The smallest absolute Gasteiger partial charge is 0.225 e. The molecule has 0 bridgehead atoms. The fourth-order valence-corrected chi connectivity index (χ4v) is 2.61. The number of carbonyl (C=O) groups is 1. The van der Waals surface area contributed by atoms with E-state index >= 15 is 0 Å². The number of piperidine rings is 1. The van der Waals surface area contributed by atoms with Crippen molar-refractivity contribution in [3.05, 3.63) is 35.9 Å².